The molecule has 3 nitrogen and oxygen atoms in total. The van der Waals surface area contributed by atoms with Crippen LogP contribution in [0.1, 0.15) is 52.7 Å². The topological polar surface area (TPSA) is 21.3 Å². The summed E-state index contributed by atoms with van der Waals surface area (Å²) < 4.78 is 15.1. The molecule has 0 N–H and O–H groups in total. The molecule has 0 amide bonds. The highest BCUT2D eigenvalue weighted by Gasteiger charge is 2.46. The van der Waals surface area contributed by atoms with E-state index >= 15 is 0 Å². The molecule has 0 fully saturated rings. The van der Waals surface area contributed by atoms with E-state index in [9.17, 15) is 0 Å². The number of anilines is 2. The molecule has 0 saturated carbocycles. The van der Waals surface area contributed by atoms with E-state index in [0.29, 0.717) is 0 Å². The smallest absolute Gasteiger partial charge is 0.333 e. The van der Waals surface area contributed by atoms with Crippen LogP contribution >= 0.6 is 22.7 Å². The van der Waals surface area contributed by atoms with Gasteiger partial charge < -0.3 is 13.8 Å². The molecule has 0 spiro atoms. The first kappa shape index (κ1) is 35.3. The average molecular weight is 833 g/mol. The van der Waals surface area contributed by atoms with Gasteiger partial charge in [-0.1, -0.05) is 120 Å². The molecule has 8 aromatic carbocycles. The van der Waals surface area contributed by atoms with Crippen LogP contribution in [0.15, 0.2) is 144 Å². The molecule has 6 heteroatoms. The lowest BCUT2D eigenvalue weighted by atomic mass is 9.43. The van der Waals surface area contributed by atoms with Gasteiger partial charge in [-0.15, -0.1) is 22.7 Å². The minimum atomic E-state index is -0.127. The lowest BCUT2D eigenvalue weighted by Gasteiger charge is -2.42. The molecule has 62 heavy (non-hydrogen) atoms. The highest BCUT2D eigenvalue weighted by Crippen LogP contribution is 2.53. The number of aromatic nitrogens is 1. The summed E-state index contributed by atoms with van der Waals surface area (Å²) in [5, 5.41) is 10.1. The zero-order valence-electron chi connectivity index (χ0n) is 35.5. The van der Waals surface area contributed by atoms with Crippen LogP contribution in [0.2, 0.25) is 0 Å². The van der Waals surface area contributed by atoms with Gasteiger partial charge in [0.15, 0.2) is 0 Å². The standard InChI is InChI=1S/C56H41BN2OS2/c1-55(2,3)30-19-22-32(23-20-30)59-42-27-37-34-14-9-12-18-46(34)61-47(37)28-39(42)49-50-35-15-7-10-16-44(35)60-54(50)51-38-25-31(56(4,5)6)21-24-41(38)58-43-29-48-36(33-13-8-11-17-45(33)62-48)26-40(43)57(59)52(49)53(51)58/h7-29H,1-6H3. The summed E-state index contributed by atoms with van der Waals surface area (Å²) in [6.07, 6.45) is 0. The number of nitrogens with zero attached hydrogens (tertiary/aromatic N) is 2. The Morgan fingerprint density at radius 2 is 1.15 bits per heavy atom. The summed E-state index contributed by atoms with van der Waals surface area (Å²) in [6, 6.07) is 53.3. The third-order valence-corrected chi connectivity index (χ3v) is 16.3. The van der Waals surface area contributed by atoms with E-state index in [4.69, 9.17) is 4.42 Å². The van der Waals surface area contributed by atoms with E-state index in [1.54, 1.807) is 0 Å². The van der Waals surface area contributed by atoms with Crippen LogP contribution in [0.3, 0.4) is 0 Å². The van der Waals surface area contributed by atoms with Crippen molar-refractivity contribution in [2.75, 3.05) is 4.81 Å². The Bertz CT molecular complexity index is 3960. The molecule has 296 valence electrons. The minimum absolute atomic E-state index is 0.0295. The summed E-state index contributed by atoms with van der Waals surface area (Å²) in [5.41, 5.74) is 15.9. The van der Waals surface area contributed by atoms with Gasteiger partial charge in [-0.25, -0.2) is 0 Å². The Hall–Kier alpha value is -6.34. The van der Waals surface area contributed by atoms with Crippen molar-refractivity contribution in [2.45, 2.75) is 52.4 Å². The van der Waals surface area contributed by atoms with Crippen LogP contribution in [-0.2, 0) is 10.8 Å². The molecular formula is C56H41BN2OS2. The fourth-order valence-corrected chi connectivity index (χ4v) is 13.3. The quantitative estimate of drug-likeness (QED) is 0.154. The fourth-order valence-electron chi connectivity index (χ4n) is 11.1. The molecule has 12 aromatic rings. The van der Waals surface area contributed by atoms with Crippen molar-refractivity contribution in [1.82, 2.24) is 4.57 Å². The van der Waals surface area contributed by atoms with E-state index in [-0.39, 0.29) is 17.7 Å². The maximum Gasteiger partial charge on any atom is 0.333 e. The number of para-hydroxylation sites is 1. The molecule has 0 aliphatic carbocycles. The van der Waals surface area contributed by atoms with Gasteiger partial charge in [0.05, 0.1) is 16.4 Å². The summed E-state index contributed by atoms with van der Waals surface area (Å²) in [4.78, 5) is 2.70. The van der Waals surface area contributed by atoms with E-state index in [1.807, 2.05) is 22.7 Å². The predicted octanol–water partition coefficient (Wildman–Crippen LogP) is 15.3. The summed E-state index contributed by atoms with van der Waals surface area (Å²) in [5.74, 6) is 0. The number of benzene rings is 8. The number of furan rings is 1. The van der Waals surface area contributed by atoms with Crippen LogP contribution < -0.4 is 15.7 Å². The number of hydrogen-bond donors (Lipinski definition) is 0. The molecule has 0 atom stereocenters. The van der Waals surface area contributed by atoms with Crippen molar-refractivity contribution in [1.29, 1.82) is 0 Å². The Morgan fingerprint density at radius 1 is 0.516 bits per heavy atom. The minimum Gasteiger partial charge on any atom is -0.455 e. The van der Waals surface area contributed by atoms with Crippen molar-refractivity contribution >= 4 is 136 Å². The van der Waals surface area contributed by atoms with E-state index in [1.165, 1.54) is 118 Å². The van der Waals surface area contributed by atoms with Gasteiger partial charge in [-0.05, 0) is 99.1 Å². The second-order valence-electron chi connectivity index (χ2n) is 19.7. The van der Waals surface area contributed by atoms with Crippen molar-refractivity contribution < 1.29 is 4.42 Å². The van der Waals surface area contributed by atoms with Crippen LogP contribution in [0, 0.1) is 0 Å². The molecule has 0 saturated heterocycles. The van der Waals surface area contributed by atoms with Gasteiger partial charge in [0.2, 0.25) is 0 Å². The normalized spacial score (nSPS) is 13.9. The van der Waals surface area contributed by atoms with Gasteiger partial charge >= 0.3 is 6.85 Å². The molecule has 0 radical (unpaired) electrons. The van der Waals surface area contributed by atoms with Crippen molar-refractivity contribution in [3.05, 3.63) is 151 Å². The van der Waals surface area contributed by atoms with Crippen molar-refractivity contribution in [3.8, 4) is 16.8 Å². The molecule has 6 heterocycles. The molecule has 4 aromatic heterocycles. The summed E-state index contributed by atoms with van der Waals surface area (Å²) in [7, 11) is 0. The highest BCUT2D eigenvalue weighted by molar-refractivity contribution is 7.26. The third kappa shape index (κ3) is 4.51. The van der Waals surface area contributed by atoms with Gasteiger partial charge in [0.25, 0.3) is 0 Å². The first-order valence-corrected chi connectivity index (χ1v) is 23.4. The van der Waals surface area contributed by atoms with Crippen molar-refractivity contribution in [3.63, 3.8) is 0 Å². The summed E-state index contributed by atoms with van der Waals surface area (Å²) >= 11 is 3.80. The number of hydrogen-bond acceptors (Lipinski definition) is 4. The number of fused-ring (bicyclic) bond motifs is 19. The largest absolute Gasteiger partial charge is 0.455 e. The SMILES string of the molecule is CC(C)(C)c1ccc(N2B3c4cc5c(cc4-n4c6ccc(C(C)(C)C)cc6c6c7oc8ccccc8c7c(c3c64)-c3cc4sc6ccccc6c4cc32)sc2ccccc25)cc1. The van der Waals surface area contributed by atoms with Gasteiger partial charge in [0, 0.05) is 79.1 Å². The van der Waals surface area contributed by atoms with Crippen LogP contribution in [-0.4, -0.2) is 11.4 Å². The second kappa shape index (κ2) is 11.8. The van der Waals surface area contributed by atoms with E-state index in [0.717, 1.165) is 16.6 Å². The van der Waals surface area contributed by atoms with E-state index < -0.39 is 0 Å². The van der Waals surface area contributed by atoms with E-state index in [2.05, 4.69) is 190 Å². The summed E-state index contributed by atoms with van der Waals surface area (Å²) in [6.45, 7) is 13.8. The number of rotatable bonds is 1. The maximum atomic E-state index is 7.22. The average Bonchev–Trinajstić information content (AvgIpc) is 4.02. The maximum absolute atomic E-state index is 7.22. The molecular weight excluding hydrogens is 792 g/mol. The molecule has 0 bridgehead atoms. The van der Waals surface area contributed by atoms with Gasteiger partial charge in [0.1, 0.15) is 11.2 Å². The van der Waals surface area contributed by atoms with Crippen LogP contribution in [0.5, 0.6) is 0 Å². The zero-order valence-corrected chi connectivity index (χ0v) is 37.1. The zero-order chi connectivity index (χ0) is 41.6. The van der Waals surface area contributed by atoms with Crippen LogP contribution in [0.4, 0.5) is 11.4 Å². The lowest BCUT2D eigenvalue weighted by molar-refractivity contribution is 0.590. The Kier molecular flexibility index (Phi) is 6.70. The fraction of sp³-hybridized carbons (Fsp3) is 0.143. The molecule has 14 rings (SSSR count). The lowest BCUT2D eigenvalue weighted by Crippen LogP contribution is -2.60. The van der Waals surface area contributed by atoms with Gasteiger partial charge in [-0.3, -0.25) is 0 Å². The van der Waals surface area contributed by atoms with Crippen LogP contribution in [0.25, 0.3) is 101 Å². The molecule has 2 aliphatic rings. The predicted molar refractivity (Wildman–Crippen MR) is 270 cm³/mol. The monoisotopic (exact) mass is 832 g/mol. The first-order chi connectivity index (χ1) is 30.0. The second-order valence-corrected chi connectivity index (χ2v) is 21.8. The number of thiophene rings is 2. The molecule has 2 aliphatic heterocycles. The first-order valence-electron chi connectivity index (χ1n) is 21.8. The Morgan fingerprint density at radius 3 is 1.85 bits per heavy atom. The third-order valence-electron chi connectivity index (χ3n) is 14.1. The highest BCUT2D eigenvalue weighted by atomic mass is 32.1. The Labute approximate surface area is 367 Å². The Balaban J connectivity index is 1.24. The molecule has 0 unspecified atom stereocenters. The van der Waals surface area contributed by atoms with Crippen molar-refractivity contribution in [2.24, 2.45) is 0 Å². The van der Waals surface area contributed by atoms with Gasteiger partial charge in [-0.2, -0.15) is 0 Å².